The van der Waals surface area contributed by atoms with Gasteiger partial charge in [-0.3, -0.25) is 5.84 Å². The number of hydrogen-bond acceptors (Lipinski definition) is 3. The molecule has 0 aromatic heterocycles. The minimum atomic E-state index is 0.600. The Hall–Kier alpha value is 0.270. The lowest BCUT2D eigenvalue weighted by Gasteiger charge is -2.09. The minimum Gasteiger partial charge on any atom is -0.259 e. The van der Waals surface area contributed by atoms with Crippen molar-refractivity contribution in [3.8, 4) is 0 Å². The number of rotatable bonds is 2. The van der Waals surface area contributed by atoms with Gasteiger partial charge in [-0.1, -0.05) is 26.7 Å². The zero-order valence-electron chi connectivity index (χ0n) is 4.76. The second kappa shape index (κ2) is 3.29. The Balaban J connectivity index is 2.95. The predicted molar refractivity (Wildman–Crippen MR) is 34.7 cm³/mol. The van der Waals surface area contributed by atoms with E-state index >= 15 is 0 Å². The molecule has 0 aliphatic rings. The van der Waals surface area contributed by atoms with Crippen LogP contribution in [-0.2, 0) is 0 Å². The maximum atomic E-state index is 5.19. The van der Waals surface area contributed by atoms with Crippen LogP contribution < -0.4 is 5.84 Å². The largest absolute Gasteiger partial charge is 0.259 e. The first-order valence-corrected chi connectivity index (χ1v) is 2.74. The molecule has 0 rings (SSSR count). The fourth-order valence-corrected chi connectivity index (χ4v) is 0.701. The zero-order chi connectivity index (χ0) is 5.86. The summed E-state index contributed by atoms with van der Waals surface area (Å²) < 4.78 is 1.39. The standard InChI is InChI=1S/C4H12N2S/c1-4(2)3-6(5)7/h4,7H,3,5H2,1-2H3. The molecule has 0 radical (unpaired) electrons. The molecule has 0 aromatic rings. The summed E-state index contributed by atoms with van der Waals surface area (Å²) in [5.41, 5.74) is 0. The van der Waals surface area contributed by atoms with Crippen LogP contribution in [0, 0.1) is 5.92 Å². The SMILES string of the molecule is CC(C)CN(N)S. The van der Waals surface area contributed by atoms with E-state index in [4.69, 9.17) is 5.84 Å². The Kier molecular flexibility index (Phi) is 3.42. The fourth-order valence-electron chi connectivity index (χ4n) is 0.374. The van der Waals surface area contributed by atoms with Crippen molar-refractivity contribution in [2.45, 2.75) is 13.8 Å². The highest BCUT2D eigenvalue weighted by atomic mass is 32.1. The first-order valence-electron chi connectivity index (χ1n) is 2.34. The van der Waals surface area contributed by atoms with Crippen LogP contribution >= 0.6 is 12.8 Å². The molecule has 0 heterocycles. The number of thiol groups is 1. The summed E-state index contributed by atoms with van der Waals surface area (Å²) in [7, 11) is 0. The molecule has 7 heavy (non-hydrogen) atoms. The molecule has 0 aliphatic heterocycles. The van der Waals surface area contributed by atoms with Crippen LogP contribution in [0.3, 0.4) is 0 Å². The summed E-state index contributed by atoms with van der Waals surface area (Å²) in [6.07, 6.45) is 0. The predicted octanol–water partition coefficient (Wildman–Crippen LogP) is 0.663. The molecule has 2 N–H and O–H groups in total. The zero-order valence-corrected chi connectivity index (χ0v) is 5.65. The van der Waals surface area contributed by atoms with Gasteiger partial charge in [-0.2, -0.15) is 4.41 Å². The second-order valence-corrected chi connectivity index (χ2v) is 2.53. The van der Waals surface area contributed by atoms with Gasteiger partial charge in [-0.15, -0.1) is 0 Å². The molecule has 0 bridgehead atoms. The van der Waals surface area contributed by atoms with Gasteiger partial charge >= 0.3 is 0 Å². The average Bonchev–Trinajstić information content (AvgIpc) is 1.27. The third-order valence-electron chi connectivity index (χ3n) is 0.552. The highest BCUT2D eigenvalue weighted by molar-refractivity contribution is 7.77. The number of nitrogens with two attached hydrogens (primary N) is 1. The van der Waals surface area contributed by atoms with E-state index in [0.29, 0.717) is 5.92 Å². The number of hydrazine groups is 1. The van der Waals surface area contributed by atoms with Gasteiger partial charge in [-0.05, 0) is 5.92 Å². The van der Waals surface area contributed by atoms with Crippen molar-refractivity contribution in [1.29, 1.82) is 0 Å². The average molecular weight is 120 g/mol. The molecular formula is C4H12N2S. The monoisotopic (exact) mass is 120 g/mol. The summed E-state index contributed by atoms with van der Waals surface area (Å²) in [5.74, 6) is 5.79. The van der Waals surface area contributed by atoms with Crippen molar-refractivity contribution < 1.29 is 0 Å². The molecule has 0 saturated heterocycles. The lowest BCUT2D eigenvalue weighted by atomic mass is 10.2. The molecule has 44 valence electrons. The van der Waals surface area contributed by atoms with Crippen molar-refractivity contribution in [2.24, 2.45) is 11.8 Å². The lowest BCUT2D eigenvalue weighted by molar-refractivity contribution is 0.426. The molecular weight excluding hydrogens is 108 g/mol. The molecule has 0 atom stereocenters. The quantitative estimate of drug-likeness (QED) is 0.318. The second-order valence-electron chi connectivity index (χ2n) is 2.02. The molecule has 0 amide bonds. The molecule has 0 aromatic carbocycles. The summed E-state index contributed by atoms with van der Waals surface area (Å²) >= 11 is 3.85. The molecule has 0 saturated carbocycles. The molecule has 3 heteroatoms. The van der Waals surface area contributed by atoms with Crippen molar-refractivity contribution in [1.82, 2.24) is 4.41 Å². The summed E-state index contributed by atoms with van der Waals surface area (Å²) in [5, 5.41) is 0. The van der Waals surface area contributed by atoms with Crippen molar-refractivity contribution >= 4 is 12.8 Å². The van der Waals surface area contributed by atoms with E-state index in [-0.39, 0.29) is 0 Å². The van der Waals surface area contributed by atoms with E-state index in [1.807, 2.05) is 0 Å². The van der Waals surface area contributed by atoms with Crippen molar-refractivity contribution in [2.75, 3.05) is 6.54 Å². The van der Waals surface area contributed by atoms with Crippen molar-refractivity contribution in [3.05, 3.63) is 0 Å². The van der Waals surface area contributed by atoms with Gasteiger partial charge in [0.15, 0.2) is 0 Å². The van der Waals surface area contributed by atoms with Crippen LogP contribution in [0.5, 0.6) is 0 Å². The molecule has 0 unspecified atom stereocenters. The van der Waals surface area contributed by atoms with E-state index in [1.165, 1.54) is 4.41 Å². The molecule has 2 nitrogen and oxygen atoms in total. The molecule has 0 fully saturated rings. The first kappa shape index (κ1) is 7.27. The first-order chi connectivity index (χ1) is 3.13. The smallest absolute Gasteiger partial charge is 0.0262 e. The van der Waals surface area contributed by atoms with Gasteiger partial charge in [-0.25, -0.2) is 0 Å². The van der Waals surface area contributed by atoms with Crippen LogP contribution in [0.2, 0.25) is 0 Å². The van der Waals surface area contributed by atoms with E-state index in [2.05, 4.69) is 26.7 Å². The topological polar surface area (TPSA) is 29.3 Å². The van der Waals surface area contributed by atoms with Crippen molar-refractivity contribution in [3.63, 3.8) is 0 Å². The maximum Gasteiger partial charge on any atom is 0.0262 e. The van der Waals surface area contributed by atoms with Gasteiger partial charge in [0.1, 0.15) is 0 Å². The van der Waals surface area contributed by atoms with Gasteiger partial charge in [0.05, 0.1) is 0 Å². The third-order valence-corrected chi connectivity index (χ3v) is 0.716. The maximum absolute atomic E-state index is 5.19. The minimum absolute atomic E-state index is 0.600. The third kappa shape index (κ3) is 6.27. The van der Waals surface area contributed by atoms with Gasteiger partial charge in [0.2, 0.25) is 0 Å². The fraction of sp³-hybridized carbons (Fsp3) is 1.00. The van der Waals surface area contributed by atoms with E-state index in [1.54, 1.807) is 0 Å². The Labute approximate surface area is 50.2 Å². The molecule has 0 aliphatic carbocycles. The van der Waals surface area contributed by atoms with E-state index in [9.17, 15) is 0 Å². The summed E-state index contributed by atoms with van der Waals surface area (Å²) in [6.45, 7) is 5.02. The van der Waals surface area contributed by atoms with Crippen LogP contribution in [0.25, 0.3) is 0 Å². The Morgan fingerprint density at radius 1 is 1.71 bits per heavy atom. The van der Waals surface area contributed by atoms with Crippen LogP contribution in [0.15, 0.2) is 0 Å². The summed E-state index contributed by atoms with van der Waals surface area (Å²) in [6, 6.07) is 0. The Morgan fingerprint density at radius 2 is 2.14 bits per heavy atom. The van der Waals surface area contributed by atoms with E-state index < -0.39 is 0 Å². The van der Waals surface area contributed by atoms with Gasteiger partial charge in [0.25, 0.3) is 0 Å². The van der Waals surface area contributed by atoms with Crippen LogP contribution in [0.1, 0.15) is 13.8 Å². The Morgan fingerprint density at radius 3 is 2.14 bits per heavy atom. The number of hydrogen-bond donors (Lipinski definition) is 2. The lowest BCUT2D eigenvalue weighted by Crippen LogP contribution is -2.24. The Bertz CT molecular complexity index is 39.0. The summed E-state index contributed by atoms with van der Waals surface area (Å²) in [4.78, 5) is 0. The molecule has 0 spiro atoms. The van der Waals surface area contributed by atoms with Gasteiger partial charge in [0, 0.05) is 6.54 Å². The highest BCUT2D eigenvalue weighted by Gasteiger charge is 1.93. The normalized spacial score (nSPS) is 11.1. The van der Waals surface area contributed by atoms with Gasteiger partial charge < -0.3 is 0 Å². The van der Waals surface area contributed by atoms with Crippen LogP contribution in [-0.4, -0.2) is 11.0 Å². The highest BCUT2D eigenvalue weighted by Crippen LogP contribution is 1.93. The van der Waals surface area contributed by atoms with Crippen LogP contribution in [0.4, 0.5) is 0 Å². The van der Waals surface area contributed by atoms with E-state index in [0.717, 1.165) is 6.54 Å². The number of nitrogens with zero attached hydrogens (tertiary/aromatic N) is 1.